The van der Waals surface area contributed by atoms with Gasteiger partial charge in [0.1, 0.15) is 0 Å². The lowest BCUT2D eigenvalue weighted by atomic mass is 10.2. The third kappa shape index (κ3) is 3.41. The molecule has 4 nitrogen and oxygen atoms in total. The molecule has 0 aliphatic carbocycles. The van der Waals surface area contributed by atoms with Crippen LogP contribution in [0.1, 0.15) is 25.3 Å². The number of amides is 1. The number of thiazole rings is 1. The summed E-state index contributed by atoms with van der Waals surface area (Å²) in [4.78, 5) is 17.7. The Balaban J connectivity index is 1.73. The van der Waals surface area contributed by atoms with Gasteiger partial charge in [-0.1, -0.05) is 18.3 Å². The summed E-state index contributed by atoms with van der Waals surface area (Å²) < 4.78 is 38.9. The molecule has 0 spiro atoms. The highest BCUT2D eigenvalue weighted by Gasteiger charge is 2.31. The Morgan fingerprint density at radius 2 is 2.26 bits per heavy atom. The van der Waals surface area contributed by atoms with Gasteiger partial charge in [0, 0.05) is 25.6 Å². The molecule has 2 heterocycles. The fourth-order valence-corrected chi connectivity index (χ4v) is 3.59. The number of carbonyl (C=O) groups is 1. The Morgan fingerprint density at radius 3 is 2.96 bits per heavy atom. The molecule has 2 aromatic rings. The van der Waals surface area contributed by atoms with Crippen LogP contribution in [0.5, 0.6) is 0 Å². The Labute approximate surface area is 135 Å². The van der Waals surface area contributed by atoms with Gasteiger partial charge in [-0.15, -0.1) is 0 Å². The van der Waals surface area contributed by atoms with Gasteiger partial charge in [-0.05, 0) is 24.6 Å². The molecule has 1 aromatic heterocycles. The first-order valence-corrected chi connectivity index (χ1v) is 8.20. The standard InChI is InChI=1S/C15H16F3N3OS/c1-2-13(22)21-6-5-10(8-21)19-14-20-11-7-9(15(16,17)18)3-4-12(11)23-14/h3-4,7,10H,2,5-6,8H2,1H3,(H,19,20). The van der Waals surface area contributed by atoms with Crippen molar-refractivity contribution in [2.24, 2.45) is 0 Å². The van der Waals surface area contributed by atoms with Crippen LogP contribution in [0, 0.1) is 0 Å². The van der Waals surface area contributed by atoms with Crippen molar-refractivity contribution in [3.8, 4) is 0 Å². The summed E-state index contributed by atoms with van der Waals surface area (Å²) in [6, 6.07) is 3.68. The van der Waals surface area contributed by atoms with Crippen LogP contribution in [0.25, 0.3) is 10.2 Å². The van der Waals surface area contributed by atoms with Gasteiger partial charge in [0.15, 0.2) is 5.13 Å². The normalized spacial score (nSPS) is 18.6. The maximum absolute atomic E-state index is 12.7. The minimum Gasteiger partial charge on any atom is -0.357 e. The predicted octanol–water partition coefficient (Wildman–Crippen LogP) is 3.74. The van der Waals surface area contributed by atoms with Crippen LogP contribution in [0.3, 0.4) is 0 Å². The highest BCUT2D eigenvalue weighted by Crippen LogP contribution is 2.34. The van der Waals surface area contributed by atoms with Crippen LogP contribution < -0.4 is 5.32 Å². The topological polar surface area (TPSA) is 45.2 Å². The van der Waals surface area contributed by atoms with E-state index in [9.17, 15) is 18.0 Å². The fourth-order valence-electron chi connectivity index (χ4n) is 2.67. The minimum atomic E-state index is -4.36. The molecule has 1 atom stereocenters. The molecular formula is C15H16F3N3OS. The first-order chi connectivity index (χ1) is 10.9. The van der Waals surface area contributed by atoms with Crippen molar-refractivity contribution >= 4 is 32.6 Å². The molecule has 1 fully saturated rings. The number of rotatable bonds is 3. The van der Waals surface area contributed by atoms with E-state index < -0.39 is 11.7 Å². The number of benzene rings is 1. The third-order valence-corrected chi connectivity index (χ3v) is 4.85. The largest absolute Gasteiger partial charge is 0.416 e. The Kier molecular flexibility index (Phi) is 4.18. The molecule has 23 heavy (non-hydrogen) atoms. The van der Waals surface area contributed by atoms with Gasteiger partial charge in [-0.25, -0.2) is 4.98 Å². The molecule has 1 aliphatic heterocycles. The Bertz CT molecular complexity index is 728. The molecule has 0 saturated carbocycles. The van der Waals surface area contributed by atoms with Crippen LogP contribution in [0.4, 0.5) is 18.3 Å². The molecule has 3 rings (SSSR count). The number of aromatic nitrogens is 1. The number of fused-ring (bicyclic) bond motifs is 1. The van der Waals surface area contributed by atoms with Gasteiger partial charge in [0.2, 0.25) is 5.91 Å². The smallest absolute Gasteiger partial charge is 0.357 e. The van der Waals surface area contributed by atoms with Gasteiger partial charge in [0.05, 0.1) is 15.8 Å². The van der Waals surface area contributed by atoms with Crippen LogP contribution in [-0.2, 0) is 11.0 Å². The highest BCUT2D eigenvalue weighted by atomic mass is 32.1. The Morgan fingerprint density at radius 1 is 1.48 bits per heavy atom. The summed E-state index contributed by atoms with van der Waals surface area (Å²) in [6.07, 6.45) is -3.07. The zero-order chi connectivity index (χ0) is 16.6. The average molecular weight is 343 g/mol. The zero-order valence-corrected chi connectivity index (χ0v) is 13.3. The monoisotopic (exact) mass is 343 g/mol. The van der Waals surface area contributed by atoms with Crippen LogP contribution in [-0.4, -0.2) is 34.9 Å². The molecule has 8 heteroatoms. The van der Waals surface area contributed by atoms with Crippen LogP contribution in [0.2, 0.25) is 0 Å². The first kappa shape index (κ1) is 16.0. The summed E-state index contributed by atoms with van der Waals surface area (Å²) in [5.41, 5.74) is -0.353. The average Bonchev–Trinajstić information content (AvgIpc) is 3.11. The molecule has 0 radical (unpaired) electrons. The van der Waals surface area contributed by atoms with Gasteiger partial charge in [0.25, 0.3) is 0 Å². The summed E-state index contributed by atoms with van der Waals surface area (Å²) in [6.45, 7) is 3.14. The van der Waals surface area contributed by atoms with E-state index in [1.165, 1.54) is 17.4 Å². The molecule has 1 unspecified atom stereocenters. The number of halogens is 3. The lowest BCUT2D eigenvalue weighted by molar-refractivity contribution is -0.137. The maximum Gasteiger partial charge on any atom is 0.416 e. The van der Waals surface area contributed by atoms with Crippen LogP contribution in [0.15, 0.2) is 18.2 Å². The van der Waals surface area contributed by atoms with Crippen molar-refractivity contribution in [3.05, 3.63) is 23.8 Å². The lowest BCUT2D eigenvalue weighted by Crippen LogP contribution is -2.30. The molecule has 1 N–H and O–H groups in total. The molecule has 1 amide bonds. The van der Waals surface area contributed by atoms with Gasteiger partial charge >= 0.3 is 6.18 Å². The zero-order valence-electron chi connectivity index (χ0n) is 12.5. The fraction of sp³-hybridized carbons (Fsp3) is 0.467. The number of likely N-dealkylation sites (tertiary alicyclic amines) is 1. The lowest BCUT2D eigenvalue weighted by Gasteiger charge is -2.15. The summed E-state index contributed by atoms with van der Waals surface area (Å²) >= 11 is 1.33. The van der Waals surface area contributed by atoms with E-state index in [1.54, 1.807) is 4.90 Å². The quantitative estimate of drug-likeness (QED) is 0.923. The molecule has 1 saturated heterocycles. The van der Waals surface area contributed by atoms with E-state index in [0.29, 0.717) is 34.9 Å². The summed E-state index contributed by atoms with van der Waals surface area (Å²) in [5, 5.41) is 3.82. The van der Waals surface area contributed by atoms with Gasteiger partial charge in [-0.2, -0.15) is 13.2 Å². The number of anilines is 1. The molecule has 0 bridgehead atoms. The number of hydrogen-bond acceptors (Lipinski definition) is 4. The van der Waals surface area contributed by atoms with E-state index >= 15 is 0 Å². The second kappa shape index (κ2) is 5.99. The Hall–Kier alpha value is -1.83. The summed E-state index contributed by atoms with van der Waals surface area (Å²) in [5.74, 6) is 0.119. The molecule has 124 valence electrons. The van der Waals surface area contributed by atoms with Crippen molar-refractivity contribution < 1.29 is 18.0 Å². The summed E-state index contributed by atoms with van der Waals surface area (Å²) in [7, 11) is 0. The molecular weight excluding hydrogens is 327 g/mol. The van der Waals surface area contributed by atoms with E-state index in [-0.39, 0.29) is 11.9 Å². The minimum absolute atomic E-state index is 0.0909. The number of nitrogens with zero attached hydrogens (tertiary/aromatic N) is 2. The number of nitrogens with one attached hydrogen (secondary N) is 1. The molecule has 1 aromatic carbocycles. The highest BCUT2D eigenvalue weighted by molar-refractivity contribution is 7.22. The maximum atomic E-state index is 12.7. The van der Waals surface area contributed by atoms with E-state index in [4.69, 9.17) is 0 Å². The van der Waals surface area contributed by atoms with E-state index in [1.807, 2.05) is 6.92 Å². The van der Waals surface area contributed by atoms with Gasteiger partial charge < -0.3 is 10.2 Å². The van der Waals surface area contributed by atoms with Gasteiger partial charge in [-0.3, -0.25) is 4.79 Å². The SMILES string of the molecule is CCC(=O)N1CCC(Nc2nc3cc(C(F)(F)F)ccc3s2)C1. The van der Waals surface area contributed by atoms with E-state index in [0.717, 1.165) is 18.6 Å². The predicted molar refractivity (Wildman–Crippen MR) is 83.5 cm³/mol. The second-order valence-corrected chi connectivity index (χ2v) is 6.55. The van der Waals surface area contributed by atoms with Crippen molar-refractivity contribution in [2.45, 2.75) is 32.0 Å². The van der Waals surface area contributed by atoms with Crippen molar-refractivity contribution in [3.63, 3.8) is 0 Å². The molecule has 1 aliphatic rings. The second-order valence-electron chi connectivity index (χ2n) is 5.52. The first-order valence-electron chi connectivity index (χ1n) is 7.39. The van der Waals surface area contributed by atoms with Crippen molar-refractivity contribution in [2.75, 3.05) is 18.4 Å². The number of alkyl halides is 3. The van der Waals surface area contributed by atoms with Crippen LogP contribution >= 0.6 is 11.3 Å². The van der Waals surface area contributed by atoms with Crippen molar-refractivity contribution in [1.82, 2.24) is 9.88 Å². The van der Waals surface area contributed by atoms with E-state index in [2.05, 4.69) is 10.3 Å². The number of hydrogen-bond donors (Lipinski definition) is 1. The number of carbonyl (C=O) groups excluding carboxylic acids is 1. The van der Waals surface area contributed by atoms with Crippen molar-refractivity contribution in [1.29, 1.82) is 0 Å². The third-order valence-electron chi connectivity index (χ3n) is 3.89.